The summed E-state index contributed by atoms with van der Waals surface area (Å²) >= 11 is 4.58. The van der Waals surface area contributed by atoms with Crippen molar-refractivity contribution in [3.05, 3.63) is 34.4 Å². The average Bonchev–Trinajstić information content (AvgIpc) is 2.60. The van der Waals surface area contributed by atoms with E-state index in [1.165, 1.54) is 0 Å². The maximum Gasteiger partial charge on any atom is 0.284 e. The van der Waals surface area contributed by atoms with Gasteiger partial charge in [-0.05, 0) is 24.4 Å². The number of H-pyrrole nitrogens is 1. The third-order valence-electron chi connectivity index (χ3n) is 1.67. The van der Waals surface area contributed by atoms with Gasteiger partial charge in [-0.2, -0.15) is 0 Å². The fraction of sp³-hybridized carbons (Fsp3) is 0. The molecule has 7 heteroatoms. The van der Waals surface area contributed by atoms with Gasteiger partial charge in [0.2, 0.25) is 5.89 Å². The van der Waals surface area contributed by atoms with Crippen LogP contribution in [0.1, 0.15) is 0 Å². The van der Waals surface area contributed by atoms with Crippen molar-refractivity contribution in [1.29, 1.82) is 0 Å². The van der Waals surface area contributed by atoms with Crippen molar-refractivity contribution in [2.24, 2.45) is 0 Å². The van der Waals surface area contributed by atoms with E-state index in [2.05, 4.69) is 22.4 Å². The number of rotatable bonds is 1. The second-order valence-corrected chi connectivity index (χ2v) is 3.04. The number of halogens is 3. The van der Waals surface area contributed by atoms with Gasteiger partial charge in [-0.15, -0.1) is 5.10 Å². The Morgan fingerprint density at radius 3 is 2.27 bits per heavy atom. The molecule has 2 aromatic rings. The molecule has 0 radical (unpaired) electrons. The fourth-order valence-corrected chi connectivity index (χ4v) is 1.16. The van der Waals surface area contributed by atoms with E-state index in [4.69, 9.17) is 4.42 Å². The van der Waals surface area contributed by atoms with Crippen LogP contribution in [0.25, 0.3) is 11.5 Å². The van der Waals surface area contributed by atoms with Gasteiger partial charge in [-0.1, -0.05) is 0 Å². The second-order valence-electron chi connectivity index (χ2n) is 2.67. The third-order valence-corrected chi connectivity index (χ3v) is 1.84. The smallest absolute Gasteiger partial charge is 0.284 e. The van der Waals surface area contributed by atoms with E-state index in [1.54, 1.807) is 0 Å². The molecule has 0 saturated carbocycles. The summed E-state index contributed by atoms with van der Waals surface area (Å²) < 4.78 is 43.0. The maximum atomic E-state index is 12.8. The Bertz CT molecular complexity index is 540. The molecule has 0 aliphatic carbocycles. The minimum Gasteiger partial charge on any atom is -0.409 e. The number of aromatic amines is 1. The first-order chi connectivity index (χ1) is 7.08. The lowest BCUT2D eigenvalue weighted by atomic mass is 10.2. The number of nitrogens with one attached hydrogen (secondary N) is 1. The lowest BCUT2D eigenvalue weighted by molar-refractivity contribution is 0.446. The topological polar surface area (TPSA) is 41.8 Å². The summed E-state index contributed by atoms with van der Waals surface area (Å²) in [5, 5.41) is 5.83. The summed E-state index contributed by atoms with van der Waals surface area (Å²) in [6, 6.07) is 1.54. The normalized spacial score (nSPS) is 10.6. The summed E-state index contributed by atoms with van der Waals surface area (Å²) in [4.78, 5) is -0.0323. The fourth-order valence-electron chi connectivity index (χ4n) is 1.03. The molecule has 0 spiro atoms. The first-order valence-electron chi connectivity index (χ1n) is 3.78. The van der Waals surface area contributed by atoms with Crippen molar-refractivity contribution in [2.75, 3.05) is 0 Å². The zero-order valence-corrected chi connectivity index (χ0v) is 7.87. The van der Waals surface area contributed by atoms with Gasteiger partial charge in [-0.25, -0.2) is 18.3 Å². The summed E-state index contributed by atoms with van der Waals surface area (Å²) in [7, 11) is 0. The van der Waals surface area contributed by atoms with E-state index in [0.717, 1.165) is 12.1 Å². The molecule has 0 saturated heterocycles. The molecule has 0 unspecified atom stereocenters. The lowest BCUT2D eigenvalue weighted by Gasteiger charge is -1.97. The van der Waals surface area contributed by atoms with Gasteiger partial charge in [0.1, 0.15) is 0 Å². The standard InChI is InChI=1S/C8H3F3N2OS/c9-4-1-3(2-5(10)6(4)11)7-12-13-8(15)14-7/h1-2H,(H,13,15). The van der Waals surface area contributed by atoms with Crippen LogP contribution in [-0.2, 0) is 0 Å². The van der Waals surface area contributed by atoms with Gasteiger partial charge in [0.15, 0.2) is 17.5 Å². The predicted octanol–water partition coefficient (Wildman–Crippen LogP) is 2.82. The maximum absolute atomic E-state index is 12.8. The van der Waals surface area contributed by atoms with Crippen molar-refractivity contribution in [1.82, 2.24) is 10.2 Å². The van der Waals surface area contributed by atoms with E-state index >= 15 is 0 Å². The van der Waals surface area contributed by atoms with E-state index in [1.807, 2.05) is 0 Å². The van der Waals surface area contributed by atoms with Crippen LogP contribution in [0.5, 0.6) is 0 Å². The molecule has 0 aliphatic rings. The highest BCUT2D eigenvalue weighted by Gasteiger charge is 2.14. The molecule has 1 heterocycles. The van der Waals surface area contributed by atoms with Crippen molar-refractivity contribution in [3.63, 3.8) is 0 Å². The number of hydrogen-bond donors (Lipinski definition) is 1. The van der Waals surface area contributed by atoms with Crippen molar-refractivity contribution in [3.8, 4) is 11.5 Å². The molecule has 0 amide bonds. The minimum atomic E-state index is -1.53. The molecule has 0 bridgehead atoms. The lowest BCUT2D eigenvalue weighted by Crippen LogP contribution is -1.91. The second kappa shape index (κ2) is 3.50. The number of aromatic nitrogens is 2. The van der Waals surface area contributed by atoms with Crippen molar-refractivity contribution >= 4 is 12.2 Å². The molecule has 1 N–H and O–H groups in total. The first kappa shape index (κ1) is 9.91. The van der Waals surface area contributed by atoms with Gasteiger partial charge in [0.25, 0.3) is 4.84 Å². The van der Waals surface area contributed by atoms with E-state index in [9.17, 15) is 13.2 Å². The minimum absolute atomic E-state index is 0.0289. The van der Waals surface area contributed by atoms with Crippen molar-refractivity contribution in [2.45, 2.75) is 0 Å². The largest absolute Gasteiger partial charge is 0.409 e. The first-order valence-corrected chi connectivity index (χ1v) is 4.19. The molecule has 3 nitrogen and oxygen atoms in total. The molecule has 1 aromatic carbocycles. The Hall–Kier alpha value is -1.63. The van der Waals surface area contributed by atoms with Gasteiger partial charge in [0.05, 0.1) is 0 Å². The molecule has 0 aliphatic heterocycles. The van der Waals surface area contributed by atoms with Gasteiger partial charge in [0, 0.05) is 5.56 Å². The quantitative estimate of drug-likeness (QED) is 0.607. The Morgan fingerprint density at radius 2 is 1.80 bits per heavy atom. The van der Waals surface area contributed by atoms with Crippen LogP contribution in [0, 0.1) is 22.3 Å². The highest BCUT2D eigenvalue weighted by molar-refractivity contribution is 7.71. The number of nitrogens with zero attached hydrogens (tertiary/aromatic N) is 1. The molecular weight excluding hydrogens is 229 g/mol. The monoisotopic (exact) mass is 232 g/mol. The average molecular weight is 232 g/mol. The zero-order chi connectivity index (χ0) is 11.0. The Labute approximate surface area is 86.5 Å². The van der Waals surface area contributed by atoms with E-state index < -0.39 is 17.5 Å². The Balaban J connectivity index is 2.59. The van der Waals surface area contributed by atoms with Crippen LogP contribution in [0.3, 0.4) is 0 Å². The summed E-state index contributed by atoms with van der Waals surface area (Å²) in [5.74, 6) is -4.26. The number of benzene rings is 1. The van der Waals surface area contributed by atoms with Crippen LogP contribution in [-0.4, -0.2) is 10.2 Å². The molecule has 15 heavy (non-hydrogen) atoms. The van der Waals surface area contributed by atoms with E-state index in [0.29, 0.717) is 0 Å². The summed E-state index contributed by atoms with van der Waals surface area (Å²) in [6.07, 6.45) is 0. The summed E-state index contributed by atoms with van der Waals surface area (Å²) in [5.41, 5.74) is -0.0289. The van der Waals surface area contributed by atoms with Crippen LogP contribution < -0.4 is 0 Å². The zero-order valence-electron chi connectivity index (χ0n) is 7.05. The van der Waals surface area contributed by atoms with Gasteiger partial charge >= 0.3 is 0 Å². The number of hydrogen-bond acceptors (Lipinski definition) is 3. The van der Waals surface area contributed by atoms with Crippen molar-refractivity contribution < 1.29 is 17.6 Å². The molecule has 0 atom stereocenters. The molecule has 78 valence electrons. The highest BCUT2D eigenvalue weighted by Crippen LogP contribution is 2.21. The van der Waals surface area contributed by atoms with Crippen LogP contribution in [0.15, 0.2) is 16.5 Å². The Kier molecular flexibility index (Phi) is 2.31. The summed E-state index contributed by atoms with van der Waals surface area (Å²) in [6.45, 7) is 0. The Morgan fingerprint density at radius 1 is 1.20 bits per heavy atom. The SMILES string of the molecule is Fc1cc(-c2n[nH]c(=S)o2)cc(F)c1F. The molecule has 1 aromatic heterocycles. The molecular formula is C8H3F3N2OS. The predicted molar refractivity (Wildman–Crippen MR) is 47.0 cm³/mol. The van der Waals surface area contributed by atoms with Crippen LogP contribution in [0.2, 0.25) is 0 Å². The van der Waals surface area contributed by atoms with E-state index in [-0.39, 0.29) is 16.3 Å². The van der Waals surface area contributed by atoms with Gasteiger partial charge in [-0.3, -0.25) is 0 Å². The van der Waals surface area contributed by atoms with Crippen LogP contribution in [0.4, 0.5) is 13.2 Å². The highest BCUT2D eigenvalue weighted by atomic mass is 32.1. The van der Waals surface area contributed by atoms with Crippen LogP contribution >= 0.6 is 12.2 Å². The van der Waals surface area contributed by atoms with Gasteiger partial charge < -0.3 is 4.42 Å². The molecule has 2 rings (SSSR count). The molecule has 0 fully saturated rings. The third kappa shape index (κ3) is 1.78.